The van der Waals surface area contributed by atoms with Gasteiger partial charge in [0.25, 0.3) is 0 Å². The predicted octanol–water partition coefficient (Wildman–Crippen LogP) is 6.91. The van der Waals surface area contributed by atoms with Crippen LogP contribution in [-0.2, 0) is 0 Å². The number of allylic oxidation sites excluding steroid dienone is 3. The molecule has 0 spiro atoms. The molecule has 1 heterocycles. The van der Waals surface area contributed by atoms with Gasteiger partial charge in [-0.15, -0.1) is 11.6 Å². The van der Waals surface area contributed by atoms with E-state index in [0.29, 0.717) is 23.2 Å². The summed E-state index contributed by atoms with van der Waals surface area (Å²) in [7, 11) is 0. The lowest BCUT2D eigenvalue weighted by molar-refractivity contribution is 0.167. The largest absolute Gasteiger partial charge is 0.337 e. The highest BCUT2D eigenvalue weighted by Gasteiger charge is 2.28. The SMILES string of the molecule is CCCN1CCC(C(CNC(=O)NC2=CC(Cl)C(F)C=C2)c2ccc(-c3cccc(Cl)c3)cc2)CC1. The summed E-state index contributed by atoms with van der Waals surface area (Å²) in [5.74, 6) is 0.670. The van der Waals surface area contributed by atoms with E-state index in [1.54, 1.807) is 6.08 Å². The van der Waals surface area contributed by atoms with Crippen LogP contribution >= 0.6 is 23.2 Å². The van der Waals surface area contributed by atoms with Crippen LogP contribution in [0.1, 0.15) is 37.7 Å². The van der Waals surface area contributed by atoms with Gasteiger partial charge in [0, 0.05) is 23.2 Å². The van der Waals surface area contributed by atoms with Crippen molar-refractivity contribution in [2.24, 2.45) is 5.92 Å². The van der Waals surface area contributed by atoms with Gasteiger partial charge in [-0.05, 0) is 91.9 Å². The number of urea groups is 1. The molecule has 1 saturated heterocycles. The number of likely N-dealkylation sites (tertiary alicyclic amines) is 1. The summed E-state index contributed by atoms with van der Waals surface area (Å²) >= 11 is 12.2. The van der Waals surface area contributed by atoms with Gasteiger partial charge in [-0.25, -0.2) is 9.18 Å². The molecule has 2 aromatic carbocycles. The second-order valence-corrected chi connectivity index (χ2v) is 10.6. The molecule has 2 aromatic rings. The number of alkyl halides is 2. The maximum absolute atomic E-state index is 13.6. The molecule has 0 aromatic heterocycles. The predicted molar refractivity (Wildman–Crippen MR) is 147 cm³/mol. The van der Waals surface area contributed by atoms with E-state index < -0.39 is 11.5 Å². The first kappa shape index (κ1) is 26.7. The van der Waals surface area contributed by atoms with Gasteiger partial charge >= 0.3 is 6.03 Å². The van der Waals surface area contributed by atoms with Crippen LogP contribution in [0.25, 0.3) is 11.1 Å². The van der Waals surface area contributed by atoms with Crippen LogP contribution in [-0.4, -0.2) is 48.7 Å². The van der Waals surface area contributed by atoms with Gasteiger partial charge in [0.1, 0.15) is 6.17 Å². The summed E-state index contributed by atoms with van der Waals surface area (Å²) in [5, 5.41) is 5.78. The third-order valence-electron chi connectivity index (χ3n) is 7.08. The smallest absolute Gasteiger partial charge is 0.319 e. The van der Waals surface area contributed by atoms with Crippen molar-refractivity contribution in [1.82, 2.24) is 15.5 Å². The van der Waals surface area contributed by atoms with Crippen molar-refractivity contribution in [3.63, 3.8) is 0 Å². The third kappa shape index (κ3) is 7.12. The molecule has 36 heavy (non-hydrogen) atoms. The molecule has 7 heteroatoms. The van der Waals surface area contributed by atoms with Crippen molar-refractivity contribution in [1.29, 1.82) is 0 Å². The topological polar surface area (TPSA) is 44.4 Å². The van der Waals surface area contributed by atoms with Crippen molar-refractivity contribution in [3.8, 4) is 11.1 Å². The Hall–Kier alpha value is -2.34. The van der Waals surface area contributed by atoms with Crippen LogP contribution in [0, 0.1) is 5.92 Å². The number of benzene rings is 2. The lowest BCUT2D eigenvalue weighted by Crippen LogP contribution is -2.41. The molecule has 1 fully saturated rings. The number of hydrogen-bond donors (Lipinski definition) is 2. The first-order valence-electron chi connectivity index (χ1n) is 12.7. The fourth-order valence-corrected chi connectivity index (χ4v) is 5.53. The number of carbonyl (C=O) groups is 1. The highest BCUT2D eigenvalue weighted by atomic mass is 35.5. The number of nitrogens with zero attached hydrogens (tertiary/aromatic N) is 1. The van der Waals surface area contributed by atoms with E-state index in [1.165, 1.54) is 17.7 Å². The zero-order valence-electron chi connectivity index (χ0n) is 20.6. The molecule has 0 saturated carbocycles. The summed E-state index contributed by atoms with van der Waals surface area (Å²) in [6.07, 6.45) is 6.57. The van der Waals surface area contributed by atoms with Crippen molar-refractivity contribution in [2.75, 3.05) is 26.2 Å². The summed E-state index contributed by atoms with van der Waals surface area (Å²) in [6.45, 7) is 6.04. The quantitative estimate of drug-likeness (QED) is 0.365. The van der Waals surface area contributed by atoms with Crippen LogP contribution in [0.15, 0.2) is 72.5 Å². The van der Waals surface area contributed by atoms with Gasteiger partial charge in [-0.3, -0.25) is 0 Å². The van der Waals surface area contributed by atoms with Gasteiger partial charge in [-0.2, -0.15) is 0 Å². The molecule has 1 aliphatic heterocycles. The molecule has 2 aliphatic rings. The molecule has 2 amide bonds. The van der Waals surface area contributed by atoms with Crippen LogP contribution in [0.5, 0.6) is 0 Å². The molecule has 3 atom stereocenters. The number of amides is 2. The summed E-state index contributed by atoms with van der Waals surface area (Å²) in [6, 6.07) is 16.1. The minimum Gasteiger partial charge on any atom is -0.337 e. The highest BCUT2D eigenvalue weighted by Crippen LogP contribution is 2.34. The summed E-state index contributed by atoms with van der Waals surface area (Å²) in [5.41, 5.74) is 3.92. The fourth-order valence-electron chi connectivity index (χ4n) is 5.12. The zero-order valence-corrected chi connectivity index (χ0v) is 22.1. The molecule has 0 bridgehead atoms. The van der Waals surface area contributed by atoms with Crippen LogP contribution in [0.4, 0.5) is 9.18 Å². The van der Waals surface area contributed by atoms with E-state index in [4.69, 9.17) is 23.2 Å². The molecule has 3 unspecified atom stereocenters. The number of halogens is 3. The van der Waals surface area contributed by atoms with Crippen molar-refractivity contribution in [3.05, 3.63) is 83.0 Å². The second-order valence-electron chi connectivity index (χ2n) is 9.62. The molecular weight excluding hydrogens is 496 g/mol. The molecule has 192 valence electrons. The molecule has 4 rings (SSSR count). The van der Waals surface area contributed by atoms with E-state index in [1.807, 2.05) is 18.2 Å². The monoisotopic (exact) mass is 529 g/mol. The Morgan fingerprint density at radius 3 is 2.56 bits per heavy atom. The van der Waals surface area contributed by atoms with Crippen molar-refractivity contribution >= 4 is 29.2 Å². The zero-order chi connectivity index (χ0) is 25.5. The van der Waals surface area contributed by atoms with Gasteiger partial charge in [0.05, 0.1) is 5.38 Å². The van der Waals surface area contributed by atoms with Crippen LogP contribution in [0.3, 0.4) is 0 Å². The molecule has 2 N–H and O–H groups in total. The minimum atomic E-state index is -1.24. The van der Waals surface area contributed by atoms with Crippen LogP contribution in [0.2, 0.25) is 5.02 Å². The minimum absolute atomic E-state index is 0.194. The number of hydrogen-bond acceptors (Lipinski definition) is 2. The Kier molecular flexibility index (Phi) is 9.47. The molecule has 0 radical (unpaired) electrons. The lowest BCUT2D eigenvalue weighted by Gasteiger charge is -2.36. The number of nitrogens with one attached hydrogen (secondary N) is 2. The molecular formula is C29H34Cl2FN3O. The van der Waals surface area contributed by atoms with E-state index in [9.17, 15) is 9.18 Å². The van der Waals surface area contributed by atoms with Gasteiger partial charge in [-0.1, -0.05) is 54.9 Å². The normalized spacial score (nSPS) is 21.6. The third-order valence-corrected chi connectivity index (χ3v) is 7.68. The van der Waals surface area contributed by atoms with E-state index in [0.717, 1.165) is 50.0 Å². The maximum atomic E-state index is 13.6. The maximum Gasteiger partial charge on any atom is 0.319 e. The second kappa shape index (κ2) is 12.8. The highest BCUT2D eigenvalue weighted by molar-refractivity contribution is 6.30. The Balaban J connectivity index is 1.45. The Labute approximate surface area is 223 Å². The summed E-state index contributed by atoms with van der Waals surface area (Å²) < 4.78 is 13.6. The number of carbonyl (C=O) groups excluding carboxylic acids is 1. The van der Waals surface area contributed by atoms with Gasteiger partial charge in [0.15, 0.2) is 0 Å². The number of piperidine rings is 1. The average molecular weight is 531 g/mol. The summed E-state index contributed by atoms with van der Waals surface area (Å²) in [4.78, 5) is 15.2. The first-order valence-corrected chi connectivity index (χ1v) is 13.6. The standard InChI is InChI=1S/C29H34Cl2FN3O/c1-2-14-35-15-12-22(13-16-35)26(19-33-29(36)34-25-10-11-28(32)27(31)18-25)21-8-6-20(7-9-21)23-4-3-5-24(30)17-23/h3-11,17-18,22,26-28H,2,12-16,19H2,1H3,(H2,33,34,36). The fraction of sp³-hybridized carbons (Fsp3) is 0.414. The van der Waals surface area contributed by atoms with Crippen molar-refractivity contribution in [2.45, 2.75) is 43.7 Å². The van der Waals surface area contributed by atoms with E-state index >= 15 is 0 Å². The lowest BCUT2D eigenvalue weighted by atomic mass is 9.79. The van der Waals surface area contributed by atoms with Crippen molar-refractivity contribution < 1.29 is 9.18 Å². The van der Waals surface area contributed by atoms with Gasteiger partial charge < -0.3 is 15.5 Å². The number of rotatable bonds is 8. The van der Waals surface area contributed by atoms with E-state index in [2.05, 4.69) is 52.8 Å². The first-order chi connectivity index (χ1) is 17.4. The van der Waals surface area contributed by atoms with Gasteiger partial charge in [0.2, 0.25) is 0 Å². The van der Waals surface area contributed by atoms with Crippen LogP contribution < -0.4 is 10.6 Å². The van der Waals surface area contributed by atoms with E-state index in [-0.39, 0.29) is 11.9 Å². The molecule has 1 aliphatic carbocycles. The Morgan fingerprint density at radius 2 is 1.89 bits per heavy atom. The Bertz CT molecular complexity index is 1080. The Morgan fingerprint density at radius 1 is 1.14 bits per heavy atom. The molecule has 4 nitrogen and oxygen atoms in total. The average Bonchev–Trinajstić information content (AvgIpc) is 2.88.